The van der Waals surface area contributed by atoms with Crippen LogP contribution in [0.3, 0.4) is 0 Å². The Labute approximate surface area is 245 Å². The van der Waals surface area contributed by atoms with Crippen molar-refractivity contribution in [3.05, 3.63) is 131 Å². The molecule has 0 spiro atoms. The zero-order valence-corrected chi connectivity index (χ0v) is 23.7. The maximum absolute atomic E-state index is 13.4. The molecule has 4 aromatic carbocycles. The normalized spacial score (nSPS) is 16.0. The van der Waals surface area contributed by atoms with Crippen molar-refractivity contribution in [2.45, 2.75) is 26.0 Å². The molecule has 1 amide bonds. The van der Waals surface area contributed by atoms with Gasteiger partial charge in [-0.2, -0.15) is 0 Å². The lowest BCUT2D eigenvalue weighted by Gasteiger charge is -2.25. The lowest BCUT2D eigenvalue weighted by Crippen LogP contribution is -2.31. The topological polar surface area (TPSA) is 85.3 Å². The summed E-state index contributed by atoms with van der Waals surface area (Å²) >= 11 is 0. The van der Waals surface area contributed by atoms with Crippen LogP contribution in [0.1, 0.15) is 34.7 Å². The molecule has 0 radical (unpaired) electrons. The molecule has 0 bridgehead atoms. The minimum atomic E-state index is -0.793. The zero-order chi connectivity index (χ0) is 29.5. The predicted molar refractivity (Wildman–Crippen MR) is 160 cm³/mol. The number of Topliss-reactive ketones (excluding diaryl/α,β-unsaturated/α-hetero) is 1. The summed E-state index contributed by atoms with van der Waals surface area (Å²) in [7, 11) is 1.59. The Balaban J connectivity index is 1.45. The Hall–Kier alpha value is -4.88. The van der Waals surface area contributed by atoms with E-state index in [-0.39, 0.29) is 17.9 Å². The van der Waals surface area contributed by atoms with Crippen molar-refractivity contribution in [3.63, 3.8) is 0 Å². The van der Waals surface area contributed by atoms with Crippen LogP contribution < -0.4 is 9.47 Å². The van der Waals surface area contributed by atoms with Gasteiger partial charge in [0.25, 0.3) is 11.7 Å². The molecule has 42 heavy (non-hydrogen) atoms. The number of hydrogen-bond acceptors (Lipinski definition) is 6. The Morgan fingerprint density at radius 2 is 1.57 bits per heavy atom. The summed E-state index contributed by atoms with van der Waals surface area (Å²) in [6.45, 7) is 3.15. The van der Waals surface area contributed by atoms with Gasteiger partial charge in [-0.15, -0.1) is 0 Å². The second-order valence-electron chi connectivity index (χ2n) is 10.1. The van der Waals surface area contributed by atoms with Crippen molar-refractivity contribution in [2.75, 3.05) is 20.3 Å². The van der Waals surface area contributed by atoms with Crippen molar-refractivity contribution in [1.82, 2.24) is 4.90 Å². The van der Waals surface area contributed by atoms with Crippen LogP contribution in [0.4, 0.5) is 0 Å². The van der Waals surface area contributed by atoms with Gasteiger partial charge in [0.1, 0.15) is 29.6 Å². The molecule has 4 aromatic rings. The van der Waals surface area contributed by atoms with Crippen LogP contribution in [0.2, 0.25) is 0 Å². The number of aliphatic hydroxyl groups excluding tert-OH is 1. The molecule has 1 N–H and O–H groups in total. The molecule has 1 saturated heterocycles. The van der Waals surface area contributed by atoms with Crippen LogP contribution in [-0.4, -0.2) is 42.0 Å². The van der Waals surface area contributed by atoms with Crippen LogP contribution in [0.15, 0.2) is 109 Å². The molecule has 7 heteroatoms. The number of carbonyl (C=O) groups excluding carboxylic acids is 2. The molecule has 1 aliphatic heterocycles. The summed E-state index contributed by atoms with van der Waals surface area (Å²) in [5.41, 5.74) is 3.30. The lowest BCUT2D eigenvalue weighted by atomic mass is 9.95. The number of aryl methyl sites for hydroxylation is 1. The number of amides is 1. The number of carbonyl (C=O) groups is 2. The fourth-order valence-electron chi connectivity index (χ4n) is 5.04. The van der Waals surface area contributed by atoms with E-state index >= 15 is 0 Å². The molecule has 0 aromatic heterocycles. The number of aliphatic hydroxyl groups is 1. The average molecular weight is 564 g/mol. The molecule has 214 valence electrons. The van der Waals surface area contributed by atoms with Crippen LogP contribution in [0.5, 0.6) is 17.2 Å². The van der Waals surface area contributed by atoms with Gasteiger partial charge in [0.15, 0.2) is 0 Å². The first kappa shape index (κ1) is 28.6. The highest BCUT2D eigenvalue weighted by Gasteiger charge is 2.45. The van der Waals surface area contributed by atoms with Gasteiger partial charge in [-0.1, -0.05) is 60.2 Å². The summed E-state index contributed by atoms with van der Waals surface area (Å²) < 4.78 is 17.1. The maximum atomic E-state index is 13.4. The molecule has 5 rings (SSSR count). The van der Waals surface area contributed by atoms with Crippen molar-refractivity contribution < 1.29 is 28.9 Å². The van der Waals surface area contributed by atoms with Gasteiger partial charge in [0.05, 0.1) is 11.6 Å². The Bertz CT molecular complexity index is 1580. The molecule has 1 aliphatic rings. The molecule has 7 nitrogen and oxygen atoms in total. The monoisotopic (exact) mass is 563 g/mol. The highest BCUT2D eigenvalue weighted by Crippen LogP contribution is 2.41. The minimum absolute atomic E-state index is 0.0303. The Morgan fingerprint density at radius 1 is 0.833 bits per heavy atom. The van der Waals surface area contributed by atoms with Crippen LogP contribution in [0, 0.1) is 6.92 Å². The van der Waals surface area contributed by atoms with Crippen molar-refractivity contribution >= 4 is 17.4 Å². The molecule has 1 atom stereocenters. The van der Waals surface area contributed by atoms with E-state index in [1.54, 1.807) is 37.4 Å². The number of ketones is 1. The smallest absolute Gasteiger partial charge is 0.295 e. The van der Waals surface area contributed by atoms with Gasteiger partial charge >= 0.3 is 0 Å². The number of ether oxygens (including phenoxy) is 3. The van der Waals surface area contributed by atoms with Crippen molar-refractivity contribution in [2.24, 2.45) is 0 Å². The number of nitrogens with zero attached hydrogens (tertiary/aromatic N) is 1. The van der Waals surface area contributed by atoms with Crippen LogP contribution in [0.25, 0.3) is 5.76 Å². The first-order chi connectivity index (χ1) is 20.4. The van der Waals surface area contributed by atoms with E-state index in [0.717, 1.165) is 11.1 Å². The second-order valence-corrected chi connectivity index (χ2v) is 10.1. The molecule has 0 aliphatic carbocycles. The average Bonchev–Trinajstić information content (AvgIpc) is 3.26. The predicted octanol–water partition coefficient (Wildman–Crippen LogP) is 6.82. The Morgan fingerprint density at radius 3 is 2.31 bits per heavy atom. The molecule has 1 fully saturated rings. The van der Waals surface area contributed by atoms with E-state index < -0.39 is 17.7 Å². The second kappa shape index (κ2) is 13.2. The molecule has 0 saturated carbocycles. The third kappa shape index (κ3) is 6.53. The molecule has 0 unspecified atom stereocenters. The fraction of sp³-hybridized carbons (Fsp3) is 0.200. The third-order valence-electron chi connectivity index (χ3n) is 7.06. The van der Waals surface area contributed by atoms with Crippen LogP contribution >= 0.6 is 0 Å². The first-order valence-electron chi connectivity index (χ1n) is 13.8. The summed E-state index contributed by atoms with van der Waals surface area (Å²) in [6, 6.07) is 30.7. The fourth-order valence-corrected chi connectivity index (χ4v) is 5.04. The summed E-state index contributed by atoms with van der Waals surface area (Å²) in [5.74, 6) is 0.196. The van der Waals surface area contributed by atoms with Gasteiger partial charge in [0, 0.05) is 25.8 Å². The lowest BCUT2D eigenvalue weighted by molar-refractivity contribution is -0.140. The summed E-state index contributed by atoms with van der Waals surface area (Å²) in [6.07, 6.45) is 0.535. The standard InChI is InChI=1S/C35H33NO6/c1-24-9-6-10-25(21-24)23-41-28-17-15-26(16-18-28)33(37)31-32(36(19-8-20-40-2)35(39)34(31)38)27-11-7-14-30(22-27)42-29-12-4-3-5-13-29/h3-7,9-18,21-22,32,37H,8,19-20,23H2,1-2H3/t32-/m0/s1. The van der Waals surface area contributed by atoms with E-state index in [4.69, 9.17) is 14.2 Å². The van der Waals surface area contributed by atoms with Crippen molar-refractivity contribution in [3.8, 4) is 17.2 Å². The van der Waals surface area contributed by atoms with E-state index in [2.05, 4.69) is 6.07 Å². The summed E-state index contributed by atoms with van der Waals surface area (Å²) in [5, 5.41) is 11.4. The minimum Gasteiger partial charge on any atom is -0.507 e. The summed E-state index contributed by atoms with van der Waals surface area (Å²) in [4.78, 5) is 28.1. The number of para-hydroxylation sites is 1. The number of methoxy groups -OCH3 is 1. The highest BCUT2D eigenvalue weighted by molar-refractivity contribution is 6.46. The van der Waals surface area contributed by atoms with Gasteiger partial charge in [-0.25, -0.2) is 0 Å². The number of hydrogen-bond donors (Lipinski definition) is 1. The third-order valence-corrected chi connectivity index (χ3v) is 7.06. The highest BCUT2D eigenvalue weighted by atomic mass is 16.5. The van der Waals surface area contributed by atoms with E-state index in [9.17, 15) is 14.7 Å². The number of benzene rings is 4. The zero-order valence-electron chi connectivity index (χ0n) is 23.7. The molecular formula is C35H33NO6. The Kier molecular flexibility index (Phi) is 8.99. The number of rotatable bonds is 11. The van der Waals surface area contributed by atoms with Crippen molar-refractivity contribution in [1.29, 1.82) is 0 Å². The SMILES string of the molecule is COCCCN1C(=O)C(=O)C(=C(O)c2ccc(OCc3cccc(C)c3)cc2)[C@@H]1c1cccc(Oc2ccccc2)c1. The molecule has 1 heterocycles. The van der Waals surface area contributed by atoms with E-state index in [1.165, 1.54) is 4.90 Å². The van der Waals surface area contributed by atoms with E-state index in [1.807, 2.05) is 73.7 Å². The quantitative estimate of drug-likeness (QED) is 0.0933. The van der Waals surface area contributed by atoms with Gasteiger partial charge in [0.2, 0.25) is 0 Å². The molecular weight excluding hydrogens is 530 g/mol. The largest absolute Gasteiger partial charge is 0.507 e. The number of likely N-dealkylation sites (tertiary alicyclic amines) is 1. The van der Waals surface area contributed by atoms with Crippen LogP contribution in [-0.2, 0) is 20.9 Å². The van der Waals surface area contributed by atoms with E-state index in [0.29, 0.717) is 48.0 Å². The van der Waals surface area contributed by atoms with Gasteiger partial charge in [-0.3, -0.25) is 9.59 Å². The first-order valence-corrected chi connectivity index (χ1v) is 13.8. The van der Waals surface area contributed by atoms with Gasteiger partial charge in [-0.05, 0) is 73.0 Å². The van der Waals surface area contributed by atoms with Gasteiger partial charge < -0.3 is 24.2 Å². The maximum Gasteiger partial charge on any atom is 0.295 e.